The van der Waals surface area contributed by atoms with Crippen LogP contribution in [-0.2, 0) is 11.3 Å². The average Bonchev–Trinajstić information content (AvgIpc) is 2.99. The predicted molar refractivity (Wildman–Crippen MR) is 86.6 cm³/mol. The van der Waals surface area contributed by atoms with E-state index >= 15 is 0 Å². The van der Waals surface area contributed by atoms with E-state index in [1.54, 1.807) is 0 Å². The molecule has 1 amide bonds. The predicted octanol–water partition coefficient (Wildman–Crippen LogP) is 3.03. The molecule has 2 rings (SSSR count). The maximum atomic E-state index is 11.9. The third kappa shape index (κ3) is 5.02. The maximum Gasteiger partial charge on any atom is 0.222 e. The maximum absolute atomic E-state index is 11.9. The summed E-state index contributed by atoms with van der Waals surface area (Å²) in [4.78, 5) is 11.9. The Morgan fingerprint density at radius 1 is 1.32 bits per heavy atom. The molecule has 1 fully saturated rings. The van der Waals surface area contributed by atoms with Crippen molar-refractivity contribution in [3.05, 3.63) is 29.8 Å². The van der Waals surface area contributed by atoms with E-state index in [2.05, 4.69) is 5.32 Å². The van der Waals surface area contributed by atoms with Gasteiger partial charge in [-0.25, -0.2) is 0 Å². The van der Waals surface area contributed by atoms with E-state index in [0.29, 0.717) is 12.6 Å². The molecule has 0 aliphatic heterocycles. The monoisotopic (exact) mass is 305 g/mol. The van der Waals surface area contributed by atoms with Gasteiger partial charge < -0.3 is 15.2 Å². The van der Waals surface area contributed by atoms with Gasteiger partial charge in [0.25, 0.3) is 0 Å². The highest BCUT2D eigenvalue weighted by molar-refractivity contribution is 5.76. The molecule has 4 nitrogen and oxygen atoms in total. The molecule has 1 unspecified atom stereocenters. The molecule has 22 heavy (non-hydrogen) atoms. The lowest BCUT2D eigenvalue weighted by atomic mass is 10.0. The first-order valence-electron chi connectivity index (χ1n) is 8.25. The molecule has 0 radical (unpaired) electrons. The fourth-order valence-corrected chi connectivity index (χ4v) is 2.64. The third-order valence-corrected chi connectivity index (χ3v) is 4.21. The minimum Gasteiger partial charge on any atom is -0.490 e. The molecule has 1 aliphatic carbocycles. The van der Waals surface area contributed by atoms with E-state index in [-0.39, 0.29) is 18.2 Å². The number of ether oxygens (including phenoxy) is 1. The molecule has 0 spiro atoms. The summed E-state index contributed by atoms with van der Waals surface area (Å²) in [6.45, 7) is 4.25. The molecular weight excluding hydrogens is 278 g/mol. The van der Waals surface area contributed by atoms with Crippen molar-refractivity contribution in [3.63, 3.8) is 0 Å². The minimum atomic E-state index is -0.593. The van der Waals surface area contributed by atoms with Gasteiger partial charge in [0, 0.05) is 12.1 Å². The Labute approximate surface area is 132 Å². The number of aliphatic hydroxyl groups excluding tert-OH is 1. The Bertz CT molecular complexity index is 481. The van der Waals surface area contributed by atoms with Crippen molar-refractivity contribution in [2.24, 2.45) is 5.92 Å². The smallest absolute Gasteiger partial charge is 0.222 e. The zero-order valence-electron chi connectivity index (χ0n) is 13.5. The van der Waals surface area contributed by atoms with Crippen molar-refractivity contribution in [2.45, 2.75) is 64.7 Å². The number of amides is 1. The summed E-state index contributed by atoms with van der Waals surface area (Å²) in [6, 6.07) is 7.84. The number of carbonyl (C=O) groups excluding carboxylic acids is 1. The molecule has 2 N–H and O–H groups in total. The molecular formula is C18H27NO3. The molecule has 1 aliphatic rings. The van der Waals surface area contributed by atoms with Gasteiger partial charge >= 0.3 is 0 Å². The fourth-order valence-electron chi connectivity index (χ4n) is 2.64. The molecule has 0 bridgehead atoms. The standard InChI is InChI=1S/C18H27NO3/c1-13(2)16(20)11-18(21)19-12-14-7-3-6-10-17(14)22-15-8-4-5-9-15/h3,6-7,10,13,15-16,20H,4-5,8-9,11-12H2,1-2H3,(H,19,21). The van der Waals surface area contributed by atoms with Crippen molar-refractivity contribution in [1.29, 1.82) is 0 Å². The van der Waals surface area contributed by atoms with Crippen LogP contribution in [0, 0.1) is 5.92 Å². The first kappa shape index (κ1) is 16.8. The Hall–Kier alpha value is -1.55. The minimum absolute atomic E-state index is 0.0868. The van der Waals surface area contributed by atoms with Crippen LogP contribution in [0.4, 0.5) is 0 Å². The van der Waals surface area contributed by atoms with Crippen molar-refractivity contribution in [2.75, 3.05) is 0 Å². The topological polar surface area (TPSA) is 58.6 Å². The van der Waals surface area contributed by atoms with Gasteiger partial charge in [0.15, 0.2) is 0 Å². The third-order valence-electron chi connectivity index (χ3n) is 4.21. The van der Waals surface area contributed by atoms with Crippen molar-refractivity contribution >= 4 is 5.91 Å². The lowest BCUT2D eigenvalue weighted by Crippen LogP contribution is -2.29. The summed E-state index contributed by atoms with van der Waals surface area (Å²) >= 11 is 0. The Kier molecular flexibility index (Phi) is 6.25. The number of rotatable bonds is 7. The number of para-hydroxylation sites is 1. The molecule has 1 atom stereocenters. The lowest BCUT2D eigenvalue weighted by Gasteiger charge is -2.17. The van der Waals surface area contributed by atoms with Crippen LogP contribution in [-0.4, -0.2) is 23.2 Å². The average molecular weight is 305 g/mol. The van der Waals surface area contributed by atoms with Crippen molar-refractivity contribution < 1.29 is 14.6 Å². The number of carbonyl (C=O) groups is 1. The van der Waals surface area contributed by atoms with E-state index < -0.39 is 6.10 Å². The van der Waals surface area contributed by atoms with Crippen LogP contribution in [0.25, 0.3) is 0 Å². The van der Waals surface area contributed by atoms with Crippen molar-refractivity contribution in [1.82, 2.24) is 5.32 Å². The van der Waals surface area contributed by atoms with Crippen LogP contribution in [0.15, 0.2) is 24.3 Å². The number of aliphatic hydroxyl groups is 1. The highest BCUT2D eigenvalue weighted by Gasteiger charge is 2.18. The van der Waals surface area contributed by atoms with Crippen LogP contribution < -0.4 is 10.1 Å². The van der Waals surface area contributed by atoms with Crippen LogP contribution >= 0.6 is 0 Å². The van der Waals surface area contributed by atoms with Gasteiger partial charge in [0.1, 0.15) is 5.75 Å². The summed E-state index contributed by atoms with van der Waals surface area (Å²) in [6.07, 6.45) is 4.55. The summed E-state index contributed by atoms with van der Waals surface area (Å²) in [7, 11) is 0. The first-order chi connectivity index (χ1) is 10.6. The number of hydrogen-bond acceptors (Lipinski definition) is 3. The van der Waals surface area contributed by atoms with Gasteiger partial charge in [-0.2, -0.15) is 0 Å². The molecule has 1 aromatic rings. The zero-order chi connectivity index (χ0) is 15.9. The van der Waals surface area contributed by atoms with Gasteiger partial charge in [-0.15, -0.1) is 0 Å². The summed E-state index contributed by atoms with van der Waals surface area (Å²) < 4.78 is 6.06. The van der Waals surface area contributed by atoms with Crippen LogP contribution in [0.5, 0.6) is 5.75 Å². The molecule has 4 heteroatoms. The second kappa shape index (κ2) is 8.18. The Balaban J connectivity index is 1.88. The molecule has 0 saturated heterocycles. The number of benzene rings is 1. The molecule has 1 aromatic carbocycles. The summed E-state index contributed by atoms with van der Waals surface area (Å²) in [5.74, 6) is 0.819. The van der Waals surface area contributed by atoms with Crippen LogP contribution in [0.1, 0.15) is 51.5 Å². The first-order valence-corrected chi connectivity index (χ1v) is 8.25. The van der Waals surface area contributed by atoms with Crippen molar-refractivity contribution in [3.8, 4) is 5.75 Å². The zero-order valence-corrected chi connectivity index (χ0v) is 13.5. The quantitative estimate of drug-likeness (QED) is 0.814. The van der Waals surface area contributed by atoms with Gasteiger partial charge in [0.2, 0.25) is 5.91 Å². The second-order valence-electron chi connectivity index (χ2n) is 6.42. The van der Waals surface area contributed by atoms with E-state index in [1.807, 2.05) is 38.1 Å². The van der Waals surface area contributed by atoms with E-state index in [9.17, 15) is 9.90 Å². The number of nitrogens with one attached hydrogen (secondary N) is 1. The SMILES string of the molecule is CC(C)C(O)CC(=O)NCc1ccccc1OC1CCCC1. The largest absolute Gasteiger partial charge is 0.490 e. The Morgan fingerprint density at radius 3 is 2.68 bits per heavy atom. The van der Waals surface area contributed by atoms with E-state index in [1.165, 1.54) is 12.8 Å². The van der Waals surface area contributed by atoms with E-state index in [0.717, 1.165) is 24.2 Å². The van der Waals surface area contributed by atoms with Crippen LogP contribution in [0.3, 0.4) is 0 Å². The van der Waals surface area contributed by atoms with Crippen LogP contribution in [0.2, 0.25) is 0 Å². The Morgan fingerprint density at radius 2 is 2.00 bits per heavy atom. The molecule has 0 heterocycles. The highest BCUT2D eigenvalue weighted by atomic mass is 16.5. The van der Waals surface area contributed by atoms with E-state index in [4.69, 9.17) is 4.74 Å². The summed E-state index contributed by atoms with van der Waals surface area (Å²) in [5.41, 5.74) is 0.988. The summed E-state index contributed by atoms with van der Waals surface area (Å²) in [5, 5.41) is 12.6. The molecule has 122 valence electrons. The van der Waals surface area contributed by atoms with Gasteiger partial charge in [0.05, 0.1) is 18.6 Å². The fraction of sp³-hybridized carbons (Fsp3) is 0.611. The normalized spacial score (nSPS) is 16.7. The second-order valence-corrected chi connectivity index (χ2v) is 6.42. The highest BCUT2D eigenvalue weighted by Crippen LogP contribution is 2.26. The molecule has 1 saturated carbocycles. The van der Waals surface area contributed by atoms with Gasteiger partial charge in [-0.3, -0.25) is 4.79 Å². The van der Waals surface area contributed by atoms with Gasteiger partial charge in [-0.1, -0.05) is 32.0 Å². The molecule has 0 aromatic heterocycles. The lowest BCUT2D eigenvalue weighted by molar-refractivity contribution is -0.123. The number of hydrogen-bond donors (Lipinski definition) is 2. The van der Waals surface area contributed by atoms with Gasteiger partial charge in [-0.05, 0) is 37.7 Å².